The van der Waals surface area contributed by atoms with Gasteiger partial charge in [0.15, 0.2) is 0 Å². The first-order valence-corrected chi connectivity index (χ1v) is 5.53. The van der Waals surface area contributed by atoms with Gasteiger partial charge in [0, 0.05) is 24.1 Å². The van der Waals surface area contributed by atoms with Crippen LogP contribution in [-0.2, 0) is 4.74 Å². The molecule has 0 aliphatic rings. The molecule has 5 nitrogen and oxygen atoms in total. The fraction of sp³-hybridized carbons (Fsp3) is 0.231. The monoisotopic (exact) mass is 246 g/mol. The van der Waals surface area contributed by atoms with Crippen molar-refractivity contribution in [1.82, 2.24) is 4.98 Å². The molecule has 18 heavy (non-hydrogen) atoms. The average molecular weight is 246 g/mol. The fourth-order valence-corrected chi connectivity index (χ4v) is 1.57. The molecule has 1 aromatic carbocycles. The molecule has 0 saturated carbocycles. The highest BCUT2D eigenvalue weighted by Gasteiger charge is 2.04. The third kappa shape index (κ3) is 2.75. The Labute approximate surface area is 105 Å². The van der Waals surface area contributed by atoms with Crippen LogP contribution >= 0.6 is 0 Å². The van der Waals surface area contributed by atoms with Crippen molar-refractivity contribution in [3.05, 3.63) is 35.9 Å². The van der Waals surface area contributed by atoms with Crippen molar-refractivity contribution in [2.75, 3.05) is 20.3 Å². The van der Waals surface area contributed by atoms with E-state index in [1.54, 1.807) is 31.4 Å². The number of rotatable bonds is 5. The van der Waals surface area contributed by atoms with Crippen LogP contribution in [0, 0.1) is 0 Å². The van der Waals surface area contributed by atoms with E-state index in [0.717, 1.165) is 10.9 Å². The molecule has 0 unspecified atom stereocenters. The molecule has 2 N–H and O–H groups in total. The van der Waals surface area contributed by atoms with Crippen molar-refractivity contribution in [3.63, 3.8) is 0 Å². The summed E-state index contributed by atoms with van der Waals surface area (Å²) in [4.78, 5) is 15.4. The van der Waals surface area contributed by atoms with Crippen LogP contribution in [0.2, 0.25) is 0 Å². The number of methoxy groups -OCH3 is 1. The van der Waals surface area contributed by atoms with Gasteiger partial charge in [-0.25, -0.2) is 4.98 Å². The zero-order valence-corrected chi connectivity index (χ0v) is 10.1. The lowest BCUT2D eigenvalue weighted by Gasteiger charge is -2.06. The number of amides is 1. The number of nitrogens with zero attached hydrogens (tertiary/aromatic N) is 1. The molecule has 0 aliphatic carbocycles. The van der Waals surface area contributed by atoms with E-state index in [0.29, 0.717) is 24.7 Å². The standard InChI is InChI=1S/C13H14N2O3/c1-17-6-7-18-12-5-3-9-8-10(13(14)16)2-4-11(9)15-12/h2-5,8H,6-7H2,1H3,(H2,14,16). The number of benzene rings is 1. The highest BCUT2D eigenvalue weighted by atomic mass is 16.5. The number of hydrogen-bond donors (Lipinski definition) is 1. The van der Waals surface area contributed by atoms with Crippen molar-refractivity contribution in [2.45, 2.75) is 0 Å². The summed E-state index contributed by atoms with van der Waals surface area (Å²) in [7, 11) is 1.61. The molecule has 1 heterocycles. The highest BCUT2D eigenvalue weighted by molar-refractivity contribution is 5.96. The number of pyridine rings is 1. The van der Waals surface area contributed by atoms with Gasteiger partial charge in [0.1, 0.15) is 6.61 Å². The lowest BCUT2D eigenvalue weighted by atomic mass is 10.1. The second-order valence-corrected chi connectivity index (χ2v) is 3.76. The van der Waals surface area contributed by atoms with E-state index in [1.165, 1.54) is 0 Å². The zero-order chi connectivity index (χ0) is 13.0. The number of carbonyl (C=O) groups is 1. The fourth-order valence-electron chi connectivity index (χ4n) is 1.57. The van der Waals surface area contributed by atoms with Crippen molar-refractivity contribution >= 4 is 16.8 Å². The van der Waals surface area contributed by atoms with Gasteiger partial charge in [-0.15, -0.1) is 0 Å². The molecular weight excluding hydrogens is 232 g/mol. The van der Waals surface area contributed by atoms with Crippen LogP contribution in [0.4, 0.5) is 0 Å². The van der Waals surface area contributed by atoms with Crippen LogP contribution in [0.3, 0.4) is 0 Å². The highest BCUT2D eigenvalue weighted by Crippen LogP contribution is 2.18. The molecule has 1 amide bonds. The van der Waals surface area contributed by atoms with Crippen molar-refractivity contribution in [3.8, 4) is 5.88 Å². The van der Waals surface area contributed by atoms with E-state index in [1.807, 2.05) is 6.07 Å². The van der Waals surface area contributed by atoms with E-state index in [9.17, 15) is 4.79 Å². The number of nitrogens with two attached hydrogens (primary N) is 1. The minimum Gasteiger partial charge on any atom is -0.475 e. The number of aromatic nitrogens is 1. The lowest BCUT2D eigenvalue weighted by molar-refractivity contribution is 0.100. The second-order valence-electron chi connectivity index (χ2n) is 3.76. The van der Waals surface area contributed by atoms with Gasteiger partial charge >= 0.3 is 0 Å². The summed E-state index contributed by atoms with van der Waals surface area (Å²) >= 11 is 0. The van der Waals surface area contributed by atoms with Gasteiger partial charge in [0.05, 0.1) is 12.1 Å². The quantitative estimate of drug-likeness (QED) is 0.808. The first-order chi connectivity index (χ1) is 8.70. The van der Waals surface area contributed by atoms with Gasteiger partial charge in [-0.2, -0.15) is 0 Å². The Kier molecular flexibility index (Phi) is 3.74. The van der Waals surface area contributed by atoms with Crippen molar-refractivity contribution in [1.29, 1.82) is 0 Å². The Morgan fingerprint density at radius 1 is 1.28 bits per heavy atom. The predicted octanol–water partition coefficient (Wildman–Crippen LogP) is 1.36. The molecule has 1 aromatic heterocycles. The minimum absolute atomic E-state index is 0.447. The summed E-state index contributed by atoms with van der Waals surface area (Å²) in [6, 6.07) is 8.71. The van der Waals surface area contributed by atoms with E-state index in [2.05, 4.69) is 4.98 Å². The summed E-state index contributed by atoms with van der Waals surface area (Å²) in [5.74, 6) is 0.0868. The summed E-state index contributed by atoms with van der Waals surface area (Å²) in [6.45, 7) is 0.967. The van der Waals surface area contributed by atoms with Gasteiger partial charge in [-0.1, -0.05) is 0 Å². The first kappa shape index (κ1) is 12.3. The van der Waals surface area contributed by atoms with Crippen molar-refractivity contribution < 1.29 is 14.3 Å². The molecule has 2 rings (SSSR count). The van der Waals surface area contributed by atoms with Crippen LogP contribution < -0.4 is 10.5 Å². The third-order valence-corrected chi connectivity index (χ3v) is 2.49. The van der Waals surface area contributed by atoms with E-state index >= 15 is 0 Å². The van der Waals surface area contributed by atoms with E-state index < -0.39 is 5.91 Å². The zero-order valence-electron chi connectivity index (χ0n) is 10.1. The van der Waals surface area contributed by atoms with Crippen LogP contribution in [0.15, 0.2) is 30.3 Å². The summed E-state index contributed by atoms with van der Waals surface area (Å²) in [5, 5.41) is 0.852. The SMILES string of the molecule is COCCOc1ccc2cc(C(N)=O)ccc2n1. The molecule has 0 bridgehead atoms. The Morgan fingerprint density at radius 2 is 2.11 bits per heavy atom. The lowest BCUT2D eigenvalue weighted by Crippen LogP contribution is -2.10. The maximum absolute atomic E-state index is 11.0. The Hall–Kier alpha value is -2.14. The maximum Gasteiger partial charge on any atom is 0.248 e. The molecule has 0 saturated heterocycles. The largest absolute Gasteiger partial charge is 0.475 e. The topological polar surface area (TPSA) is 74.4 Å². The molecular formula is C13H14N2O3. The summed E-state index contributed by atoms with van der Waals surface area (Å²) in [5.41, 5.74) is 6.45. The Morgan fingerprint density at radius 3 is 2.83 bits per heavy atom. The number of carbonyl (C=O) groups excluding carboxylic acids is 1. The third-order valence-electron chi connectivity index (χ3n) is 2.49. The maximum atomic E-state index is 11.0. The molecule has 0 radical (unpaired) electrons. The van der Waals surface area contributed by atoms with Gasteiger partial charge in [0.25, 0.3) is 0 Å². The van der Waals surface area contributed by atoms with Gasteiger partial charge in [-0.05, 0) is 24.3 Å². The molecule has 0 aliphatic heterocycles. The summed E-state index contributed by atoms with van der Waals surface area (Å²) in [6.07, 6.45) is 0. The Bertz CT molecular complexity index is 569. The minimum atomic E-state index is -0.447. The predicted molar refractivity (Wildman–Crippen MR) is 67.6 cm³/mol. The summed E-state index contributed by atoms with van der Waals surface area (Å²) < 4.78 is 10.3. The van der Waals surface area contributed by atoms with Crippen LogP contribution in [0.1, 0.15) is 10.4 Å². The molecule has 0 spiro atoms. The van der Waals surface area contributed by atoms with Gasteiger partial charge in [0.2, 0.25) is 11.8 Å². The molecule has 5 heteroatoms. The smallest absolute Gasteiger partial charge is 0.248 e. The number of fused-ring (bicyclic) bond motifs is 1. The number of hydrogen-bond acceptors (Lipinski definition) is 4. The first-order valence-electron chi connectivity index (χ1n) is 5.53. The van der Waals surface area contributed by atoms with Crippen molar-refractivity contribution in [2.24, 2.45) is 5.73 Å². The van der Waals surface area contributed by atoms with Crippen LogP contribution in [0.5, 0.6) is 5.88 Å². The average Bonchev–Trinajstić information content (AvgIpc) is 2.38. The van der Waals surface area contributed by atoms with Gasteiger partial charge in [-0.3, -0.25) is 4.79 Å². The Balaban J connectivity index is 2.24. The van der Waals surface area contributed by atoms with Crippen LogP contribution in [-0.4, -0.2) is 31.2 Å². The van der Waals surface area contributed by atoms with Gasteiger partial charge < -0.3 is 15.2 Å². The van der Waals surface area contributed by atoms with E-state index in [4.69, 9.17) is 15.2 Å². The molecule has 0 atom stereocenters. The van der Waals surface area contributed by atoms with Crippen LogP contribution in [0.25, 0.3) is 10.9 Å². The molecule has 2 aromatic rings. The molecule has 94 valence electrons. The number of ether oxygens (including phenoxy) is 2. The second kappa shape index (κ2) is 5.46. The van der Waals surface area contributed by atoms with E-state index in [-0.39, 0.29) is 0 Å². The number of primary amides is 1. The molecule has 0 fully saturated rings. The normalized spacial score (nSPS) is 10.5.